The highest BCUT2D eigenvalue weighted by molar-refractivity contribution is 6.73. The normalized spacial score (nSPS) is 52.0. The highest BCUT2D eigenvalue weighted by Crippen LogP contribution is 2.91. The van der Waals surface area contributed by atoms with Crippen LogP contribution in [0.3, 0.4) is 0 Å². The van der Waals surface area contributed by atoms with Crippen LogP contribution in [0.2, 0.25) is 18.1 Å². The van der Waals surface area contributed by atoms with Crippen LogP contribution >= 0.6 is 0 Å². The largest absolute Gasteiger partial charge is 0.490 e. The van der Waals surface area contributed by atoms with Gasteiger partial charge in [0.15, 0.2) is 20.5 Å². The van der Waals surface area contributed by atoms with Gasteiger partial charge in [0, 0.05) is 17.8 Å². The Morgan fingerprint density at radius 1 is 0.590 bits per heavy atom. The third kappa shape index (κ3) is 8.41. The quantitative estimate of drug-likeness (QED) is 0.0847. The Morgan fingerprint density at radius 2 is 1.01 bits per heavy atom. The Balaban J connectivity index is 0.000000176. The van der Waals surface area contributed by atoms with Gasteiger partial charge in [-0.1, -0.05) is 104 Å². The molecule has 26 atom stereocenters. The Morgan fingerprint density at radius 3 is 1.49 bits per heavy atom. The molecule has 0 aromatic heterocycles. The Labute approximate surface area is 505 Å². The Bertz CT molecular complexity index is 2490. The van der Waals surface area contributed by atoms with Crippen LogP contribution in [0.25, 0.3) is 0 Å². The molecule has 474 valence electrons. The first-order valence-corrected chi connectivity index (χ1v) is 37.1. The van der Waals surface area contributed by atoms with E-state index in [4.69, 9.17) is 23.4 Å². The molecule has 4 N–H and O–H groups in total. The Hall–Kier alpha value is -1.05. The van der Waals surface area contributed by atoms with Gasteiger partial charge in [-0.2, -0.15) is 0 Å². The van der Waals surface area contributed by atoms with E-state index in [1.54, 1.807) is 27.7 Å². The number of aliphatic hydroxyl groups excluding tert-OH is 2. The van der Waals surface area contributed by atoms with Crippen molar-refractivity contribution in [2.24, 2.45) is 107 Å². The smallest absolute Gasteiger partial charge is 0.303 e. The summed E-state index contributed by atoms with van der Waals surface area (Å²) in [5.41, 5.74) is -0.345. The van der Waals surface area contributed by atoms with Gasteiger partial charge in [0.25, 0.3) is 0 Å². The lowest BCUT2D eigenvalue weighted by atomic mass is 9.41. The molecule has 12 fully saturated rings. The predicted molar refractivity (Wildman–Crippen MR) is 331 cm³/mol. The second-order valence-electron chi connectivity index (χ2n) is 35.4. The summed E-state index contributed by atoms with van der Waals surface area (Å²) in [6.07, 6.45) is 16.4. The molecule has 11 heteroatoms. The fourth-order valence-electron chi connectivity index (χ4n) is 26.4. The van der Waals surface area contributed by atoms with Crippen LogP contribution < -0.4 is 0 Å². The molecule has 0 unspecified atom stereocenters. The van der Waals surface area contributed by atoms with Crippen molar-refractivity contribution >= 4 is 14.3 Å². The second kappa shape index (κ2) is 20.0. The summed E-state index contributed by atoms with van der Waals surface area (Å²) in [7, 11) is -2.00. The maximum atomic E-state index is 12.4. The van der Waals surface area contributed by atoms with E-state index >= 15 is 0 Å². The van der Waals surface area contributed by atoms with Crippen LogP contribution in [0.15, 0.2) is 12.3 Å². The minimum atomic E-state index is -2.00. The van der Waals surface area contributed by atoms with Crippen LogP contribution in [-0.4, -0.2) is 101 Å². The molecule has 12 aliphatic rings. The maximum absolute atomic E-state index is 12.4. The van der Waals surface area contributed by atoms with E-state index in [1.807, 2.05) is 6.92 Å². The molecule has 12 rings (SSSR count). The lowest BCUT2D eigenvalue weighted by Crippen LogP contribution is -2.61. The highest BCUT2D eigenvalue weighted by Gasteiger charge is 2.87. The van der Waals surface area contributed by atoms with Crippen LogP contribution in [0.5, 0.6) is 0 Å². The van der Waals surface area contributed by atoms with E-state index in [1.165, 1.54) is 64.7 Å². The molecule has 2 aliphatic heterocycles. The molecule has 4 spiro atoms. The number of ether oxygens (including phenoxy) is 4. The summed E-state index contributed by atoms with van der Waals surface area (Å²) >= 11 is 0. The van der Waals surface area contributed by atoms with Gasteiger partial charge in [0.05, 0.1) is 59.7 Å². The van der Waals surface area contributed by atoms with Gasteiger partial charge < -0.3 is 43.8 Å². The van der Waals surface area contributed by atoms with E-state index in [9.17, 15) is 25.2 Å². The first-order chi connectivity index (χ1) is 38.3. The van der Waals surface area contributed by atoms with Crippen molar-refractivity contribution in [1.82, 2.24) is 0 Å². The SMILES string of the molecule is C=C(C)O[C@@H]([C@H]1C[C@@H](C)[C@H]2[C@H](O1)[C@H](O)[C@@]1(C)[C@@H]3CC[C@H]4C(C)(C)[C@@H](O)CC[C@@]45C[C@@]35CC[C@]21C)C(C)(C)O.CC[Si](CC)(CC)O[C@H]1[C@H]2O[C@@H]([C@H](OC(C)=O)C(C)(C)O)C[C@@H](C)[C@@H]2[C@@]2(C)CC[C@@]34C[C@@]35CC[C@H](C)C(C)(C)[C@@H]5CC[C@H]4[C@]12C. The maximum Gasteiger partial charge on any atom is 0.303 e. The van der Waals surface area contributed by atoms with E-state index in [0.717, 1.165) is 74.9 Å². The summed E-state index contributed by atoms with van der Waals surface area (Å²) in [6, 6.07) is 3.40. The van der Waals surface area contributed by atoms with Crippen LogP contribution in [-0.2, 0) is 28.2 Å². The third-order valence-electron chi connectivity index (χ3n) is 31.1. The third-order valence-corrected chi connectivity index (χ3v) is 35.8. The van der Waals surface area contributed by atoms with Gasteiger partial charge in [-0.3, -0.25) is 4.79 Å². The molecule has 0 bridgehead atoms. The van der Waals surface area contributed by atoms with Crippen molar-refractivity contribution in [2.75, 3.05) is 0 Å². The zero-order valence-corrected chi connectivity index (χ0v) is 57.3. The van der Waals surface area contributed by atoms with Crippen LogP contribution in [0, 0.1) is 107 Å². The Kier molecular flexibility index (Phi) is 15.3. The molecule has 0 radical (unpaired) electrons. The highest BCUT2D eigenvalue weighted by atomic mass is 28.4. The van der Waals surface area contributed by atoms with Crippen molar-refractivity contribution in [3.63, 3.8) is 0 Å². The van der Waals surface area contributed by atoms with Gasteiger partial charge in [0.2, 0.25) is 0 Å². The van der Waals surface area contributed by atoms with Gasteiger partial charge in [0.1, 0.15) is 0 Å². The van der Waals surface area contributed by atoms with E-state index in [-0.39, 0.29) is 69.7 Å². The first kappa shape index (κ1) is 63.5. The fraction of sp³-hybridized carbons (Fsp3) is 0.958. The second-order valence-corrected chi connectivity index (χ2v) is 40.2. The zero-order valence-electron chi connectivity index (χ0n) is 56.3. The molecule has 0 aromatic rings. The summed E-state index contributed by atoms with van der Waals surface area (Å²) in [5.74, 6) is 5.03. The molecule has 0 amide bonds. The standard InChI is InChI=1S/C39H68O5Si.C33H54O5/c1-13-45(14-2,15-3)44-33-31-30(24(4)22-27(43-31)32(35(9,10)41)42-26(6)40)36(11)20-21-39-23-38(39)19-18-25(5)34(7,8)28(38)16-17-29(39)37(33,36)12;1-18(2)37-27(29(6,7)36)20-16-19(3)24-25(38-20)26(35)31(9)22-11-10-21-28(4,5)23(34)12-13-32(21)17-33(22,32)15-14-30(24,31)8/h24-25,27-33,41H,13-23H2,1-12H3;19-27,34-36H,1,10-17H2,2-9H3/t24-,25+,27-,28+,29+,30+,31+,32+,33+,36-,37-,38-,39+;19-,20-,21+,22+,23+,24+,25+,26+,27+,30-,31-,32-,33+/m11/s1. The molecule has 10 nitrogen and oxygen atoms in total. The van der Waals surface area contributed by atoms with Crippen molar-refractivity contribution in [2.45, 2.75) is 325 Å². The van der Waals surface area contributed by atoms with Crippen molar-refractivity contribution in [1.29, 1.82) is 0 Å². The van der Waals surface area contributed by atoms with Gasteiger partial charge in [-0.15, -0.1) is 0 Å². The molecule has 0 aromatic carbocycles. The van der Waals surface area contributed by atoms with Gasteiger partial charge in [-0.05, 0) is 252 Å². The first-order valence-electron chi connectivity index (χ1n) is 34.6. The number of hydrogen-bond acceptors (Lipinski definition) is 10. The minimum Gasteiger partial charge on any atom is -0.490 e. The number of esters is 1. The number of carbonyl (C=O) groups excluding carboxylic acids is 1. The van der Waals surface area contributed by atoms with Crippen LogP contribution in [0.4, 0.5) is 0 Å². The monoisotopic (exact) mass is 1170 g/mol. The predicted octanol–water partition coefficient (Wildman–Crippen LogP) is 15.0. The van der Waals surface area contributed by atoms with Gasteiger partial charge in [-0.25, -0.2) is 0 Å². The number of allylic oxidation sites excluding steroid dienone is 1. The fourth-order valence-corrected chi connectivity index (χ4v) is 29.3. The molecule has 2 saturated heterocycles. The van der Waals surface area contributed by atoms with Crippen molar-refractivity contribution < 1.29 is 48.6 Å². The van der Waals surface area contributed by atoms with Crippen LogP contribution in [0.1, 0.15) is 241 Å². The summed E-state index contributed by atoms with van der Waals surface area (Å²) in [5, 5.41) is 45.6. The lowest BCUT2D eigenvalue weighted by Gasteiger charge is -2.64. The lowest BCUT2D eigenvalue weighted by molar-refractivity contribution is -0.215. The molecule has 10 saturated carbocycles. The molecular weight excluding hydrogens is 1050 g/mol. The molecular formula is C72H122O10Si. The number of carbonyl (C=O) groups is 1. The summed E-state index contributed by atoms with van der Waals surface area (Å²) in [4.78, 5) is 12.3. The molecule has 2 heterocycles. The summed E-state index contributed by atoms with van der Waals surface area (Å²) in [6.45, 7) is 48.7. The van der Waals surface area contributed by atoms with Crippen molar-refractivity contribution in [3.8, 4) is 0 Å². The number of fused-ring (bicyclic) bond motifs is 8. The topological polar surface area (TPSA) is 144 Å². The van der Waals surface area contributed by atoms with E-state index < -0.39 is 37.8 Å². The van der Waals surface area contributed by atoms with Gasteiger partial charge >= 0.3 is 5.97 Å². The average molecular weight is 1180 g/mol. The summed E-state index contributed by atoms with van der Waals surface area (Å²) < 4.78 is 34.0. The molecule has 83 heavy (non-hydrogen) atoms. The minimum absolute atomic E-state index is 0.0111. The average Bonchev–Trinajstić information content (AvgIpc) is 1.48. The number of hydrogen-bond donors (Lipinski definition) is 4. The van der Waals surface area contributed by atoms with E-state index in [2.05, 4.69) is 104 Å². The van der Waals surface area contributed by atoms with Crippen molar-refractivity contribution in [3.05, 3.63) is 12.3 Å². The van der Waals surface area contributed by atoms with E-state index in [0.29, 0.717) is 74.3 Å². The molecule has 10 aliphatic carbocycles. The number of aliphatic hydroxyl groups is 4. The zero-order chi connectivity index (χ0) is 61.0. The number of rotatable bonds is 12.